The molecule has 0 fully saturated rings. The molecule has 0 bridgehead atoms. The molecule has 0 aromatic heterocycles. The van der Waals surface area contributed by atoms with Crippen LogP contribution in [0.2, 0.25) is 0 Å². The molecule has 0 heterocycles. The van der Waals surface area contributed by atoms with Crippen molar-refractivity contribution in [1.29, 1.82) is 0 Å². The van der Waals surface area contributed by atoms with Crippen LogP contribution in [-0.4, -0.2) is 20.5 Å². The zero-order valence-electron chi connectivity index (χ0n) is 14.5. The Morgan fingerprint density at radius 2 is 1.30 bits per heavy atom. The van der Waals surface area contributed by atoms with E-state index in [-0.39, 0.29) is 5.41 Å². The summed E-state index contributed by atoms with van der Waals surface area (Å²) in [5, 5.41) is 0. The maximum Gasteiger partial charge on any atom is 0.523 e. The Balaban J connectivity index is 3.81. The average molecular weight is 360 g/mol. The van der Waals surface area contributed by atoms with E-state index in [0.717, 1.165) is 19.3 Å². The summed E-state index contributed by atoms with van der Waals surface area (Å²) >= 11 is 0. The van der Waals surface area contributed by atoms with Crippen molar-refractivity contribution in [3.8, 4) is 0 Å². The fraction of sp³-hybridized carbons (Fsp3) is 1.00. The number of halogens is 3. The third-order valence-electron chi connectivity index (χ3n) is 4.01. The Morgan fingerprint density at radius 3 is 1.78 bits per heavy atom. The lowest BCUT2D eigenvalue weighted by molar-refractivity contribution is -0.0547. The monoisotopic (exact) mass is 360 g/mol. The van der Waals surface area contributed by atoms with Crippen LogP contribution in [0.15, 0.2) is 0 Å². The van der Waals surface area contributed by atoms with E-state index in [9.17, 15) is 21.6 Å². The molecule has 0 N–H and O–H groups in total. The van der Waals surface area contributed by atoms with Crippen molar-refractivity contribution in [2.45, 2.75) is 90.5 Å². The number of unbranched alkanes of at least 4 members (excludes halogenated alkanes) is 7. The summed E-state index contributed by atoms with van der Waals surface area (Å²) < 4.78 is 62.1. The second-order valence-electron chi connectivity index (χ2n) is 6.86. The smallest absolute Gasteiger partial charge is 0.263 e. The molecule has 0 rings (SSSR count). The van der Waals surface area contributed by atoms with Crippen LogP contribution in [0.3, 0.4) is 0 Å². The van der Waals surface area contributed by atoms with E-state index < -0.39 is 22.2 Å². The Bertz CT molecular complexity index is 403. The number of alkyl halides is 3. The lowest BCUT2D eigenvalue weighted by Crippen LogP contribution is -2.27. The maximum absolute atomic E-state index is 12.1. The molecule has 23 heavy (non-hydrogen) atoms. The van der Waals surface area contributed by atoms with Gasteiger partial charge in [0.15, 0.2) is 0 Å². The van der Waals surface area contributed by atoms with Crippen LogP contribution in [0, 0.1) is 5.41 Å². The first-order valence-electron chi connectivity index (χ1n) is 8.47. The largest absolute Gasteiger partial charge is 0.523 e. The third-order valence-corrected chi connectivity index (χ3v) is 5.05. The molecule has 0 saturated heterocycles. The first-order valence-corrected chi connectivity index (χ1v) is 9.88. The molecular formula is C16H31F3O3S. The van der Waals surface area contributed by atoms with Gasteiger partial charge < -0.3 is 0 Å². The highest BCUT2D eigenvalue weighted by Gasteiger charge is 2.47. The molecule has 140 valence electrons. The van der Waals surface area contributed by atoms with Crippen molar-refractivity contribution in [3.05, 3.63) is 0 Å². The molecule has 0 aliphatic carbocycles. The Kier molecular flexibility index (Phi) is 10.4. The average Bonchev–Trinajstić information content (AvgIpc) is 2.40. The highest BCUT2D eigenvalue weighted by atomic mass is 32.2. The first-order chi connectivity index (χ1) is 10.5. The van der Waals surface area contributed by atoms with Crippen molar-refractivity contribution in [3.63, 3.8) is 0 Å². The molecule has 7 heteroatoms. The van der Waals surface area contributed by atoms with Crippen LogP contribution in [0.4, 0.5) is 13.2 Å². The summed E-state index contributed by atoms with van der Waals surface area (Å²) in [4.78, 5) is 0. The molecule has 0 aromatic rings. The first kappa shape index (κ1) is 22.7. The minimum atomic E-state index is -5.46. The number of hydrogen-bond acceptors (Lipinski definition) is 3. The van der Waals surface area contributed by atoms with Crippen molar-refractivity contribution in [2.75, 3.05) is 6.61 Å². The second kappa shape index (κ2) is 10.5. The van der Waals surface area contributed by atoms with E-state index in [1.54, 1.807) is 0 Å². The molecule has 0 atom stereocenters. The molecule has 0 radical (unpaired) electrons. The quantitative estimate of drug-likeness (QED) is 0.237. The number of rotatable bonds is 13. The van der Waals surface area contributed by atoms with Gasteiger partial charge >= 0.3 is 15.6 Å². The zero-order chi connectivity index (χ0) is 18.0. The van der Waals surface area contributed by atoms with Crippen molar-refractivity contribution < 1.29 is 25.8 Å². The minimum absolute atomic E-state index is 0.219. The lowest BCUT2D eigenvalue weighted by atomic mass is 9.84. The molecule has 0 spiro atoms. The van der Waals surface area contributed by atoms with Gasteiger partial charge in [0, 0.05) is 0 Å². The van der Waals surface area contributed by atoms with E-state index in [1.165, 1.54) is 38.5 Å². The van der Waals surface area contributed by atoms with Crippen LogP contribution in [0.1, 0.15) is 85.0 Å². The predicted molar refractivity (Wildman–Crippen MR) is 86.6 cm³/mol. The highest BCUT2D eigenvalue weighted by molar-refractivity contribution is 7.87. The van der Waals surface area contributed by atoms with E-state index in [2.05, 4.69) is 11.1 Å². The maximum atomic E-state index is 12.1. The number of hydrogen-bond donors (Lipinski definition) is 0. The van der Waals surface area contributed by atoms with E-state index >= 15 is 0 Å². The molecule has 0 aromatic carbocycles. The molecule has 0 unspecified atom stereocenters. The standard InChI is InChI=1S/C16H31F3O3S/c1-4-5-6-7-8-9-10-11-12-15(2,3)13-14-22-23(20,21)16(17,18)19/h4-14H2,1-3H3. The summed E-state index contributed by atoms with van der Waals surface area (Å²) in [6, 6.07) is 0. The molecule has 0 aliphatic rings. The normalized spacial score (nSPS) is 13.5. The Morgan fingerprint density at radius 1 is 0.826 bits per heavy atom. The summed E-state index contributed by atoms with van der Waals surface area (Å²) in [6.45, 7) is 5.62. The molecule has 3 nitrogen and oxygen atoms in total. The molecule has 0 aliphatic heterocycles. The van der Waals surface area contributed by atoms with Gasteiger partial charge in [-0.25, -0.2) is 0 Å². The van der Waals surface area contributed by atoms with Gasteiger partial charge in [0.25, 0.3) is 0 Å². The topological polar surface area (TPSA) is 43.4 Å². The van der Waals surface area contributed by atoms with Crippen molar-refractivity contribution in [1.82, 2.24) is 0 Å². The van der Waals surface area contributed by atoms with E-state index in [1.807, 2.05) is 13.8 Å². The second-order valence-corrected chi connectivity index (χ2v) is 8.47. The van der Waals surface area contributed by atoms with Gasteiger partial charge in [0.2, 0.25) is 0 Å². The van der Waals surface area contributed by atoms with Crippen LogP contribution in [0.25, 0.3) is 0 Å². The lowest BCUT2D eigenvalue weighted by Gasteiger charge is -2.24. The summed E-state index contributed by atoms with van der Waals surface area (Å²) in [7, 11) is -5.46. The van der Waals surface area contributed by atoms with Gasteiger partial charge in [-0.2, -0.15) is 21.6 Å². The fourth-order valence-electron chi connectivity index (χ4n) is 2.36. The van der Waals surface area contributed by atoms with Crippen LogP contribution in [-0.2, 0) is 14.3 Å². The van der Waals surface area contributed by atoms with Gasteiger partial charge in [0.05, 0.1) is 6.61 Å². The van der Waals surface area contributed by atoms with Crippen LogP contribution >= 0.6 is 0 Å². The Hall–Kier alpha value is -0.300. The van der Waals surface area contributed by atoms with Crippen molar-refractivity contribution in [2.24, 2.45) is 5.41 Å². The molecule has 0 amide bonds. The van der Waals surface area contributed by atoms with E-state index in [4.69, 9.17) is 0 Å². The van der Waals surface area contributed by atoms with Gasteiger partial charge in [-0.3, -0.25) is 4.18 Å². The van der Waals surface area contributed by atoms with Gasteiger partial charge in [0.1, 0.15) is 0 Å². The molecular weight excluding hydrogens is 329 g/mol. The van der Waals surface area contributed by atoms with Gasteiger partial charge in [-0.05, 0) is 18.3 Å². The molecule has 0 saturated carbocycles. The summed E-state index contributed by atoms with van der Waals surface area (Å²) in [6.07, 6.45) is 10.7. The predicted octanol–water partition coefficient (Wildman–Crippen LogP) is 5.80. The van der Waals surface area contributed by atoms with Crippen molar-refractivity contribution >= 4 is 10.1 Å². The third kappa shape index (κ3) is 11.0. The SMILES string of the molecule is CCCCCCCCCCC(C)(C)CCOS(=O)(=O)C(F)(F)F. The zero-order valence-corrected chi connectivity index (χ0v) is 15.4. The Labute approximate surface area is 139 Å². The van der Waals surface area contributed by atoms with E-state index in [0.29, 0.717) is 6.42 Å². The fourth-order valence-corrected chi connectivity index (χ4v) is 2.79. The van der Waals surface area contributed by atoms with Crippen LogP contribution in [0.5, 0.6) is 0 Å². The minimum Gasteiger partial charge on any atom is -0.263 e. The van der Waals surface area contributed by atoms with Crippen LogP contribution < -0.4 is 0 Å². The summed E-state index contributed by atoms with van der Waals surface area (Å²) in [5.74, 6) is 0. The van der Waals surface area contributed by atoms with Gasteiger partial charge in [-0.1, -0.05) is 72.1 Å². The highest BCUT2D eigenvalue weighted by Crippen LogP contribution is 2.30. The van der Waals surface area contributed by atoms with Gasteiger partial charge in [-0.15, -0.1) is 0 Å². The summed E-state index contributed by atoms with van der Waals surface area (Å²) in [5.41, 5.74) is -5.56.